The van der Waals surface area contributed by atoms with Crippen LogP contribution in [-0.4, -0.2) is 0 Å². The number of rotatable bonds is 6. The fourth-order valence-electron chi connectivity index (χ4n) is 7.76. The van der Waals surface area contributed by atoms with E-state index in [1.54, 1.807) is 0 Å². The van der Waals surface area contributed by atoms with Gasteiger partial charge in [0.1, 0.15) is 0 Å². The van der Waals surface area contributed by atoms with Gasteiger partial charge in [0.2, 0.25) is 0 Å². The number of benzene rings is 9. The van der Waals surface area contributed by atoms with Gasteiger partial charge in [0, 0.05) is 33.4 Å². The van der Waals surface area contributed by atoms with E-state index in [9.17, 15) is 0 Å². The first kappa shape index (κ1) is 30.0. The van der Waals surface area contributed by atoms with E-state index >= 15 is 0 Å². The van der Waals surface area contributed by atoms with Gasteiger partial charge in [-0.15, -0.1) is 0 Å². The smallest absolute Gasteiger partial charge is 0.196 e. The van der Waals surface area contributed by atoms with Crippen molar-refractivity contribution in [3.8, 4) is 28.0 Å². The topological polar surface area (TPSA) is 24.5 Å². The lowest BCUT2D eigenvalue weighted by atomic mass is 9.95. The second-order valence-corrected chi connectivity index (χ2v) is 13.4. The van der Waals surface area contributed by atoms with Gasteiger partial charge in [-0.25, -0.2) is 0 Å². The lowest BCUT2D eigenvalue weighted by molar-refractivity contribution is 0.262. The fraction of sp³-hybridized carbons (Fsp3) is 0.0204. The van der Waals surface area contributed by atoms with Gasteiger partial charge in [0.25, 0.3) is 0 Å². The Morgan fingerprint density at radius 1 is 0.404 bits per heavy atom. The van der Waals surface area contributed by atoms with Gasteiger partial charge in [-0.3, -0.25) is 0 Å². The Morgan fingerprint density at radius 2 is 1.02 bits per heavy atom. The lowest BCUT2D eigenvalue weighted by Crippen LogP contribution is -2.10. The van der Waals surface area contributed by atoms with Crippen molar-refractivity contribution in [3.05, 3.63) is 200 Å². The van der Waals surface area contributed by atoms with Crippen LogP contribution in [0.15, 0.2) is 194 Å². The summed E-state index contributed by atoms with van der Waals surface area (Å²) in [5, 5.41) is 10.9. The summed E-state index contributed by atoms with van der Waals surface area (Å²) < 4.78 is 6.84. The van der Waals surface area contributed by atoms with E-state index in [0.717, 1.165) is 44.8 Å². The molecule has 52 heavy (non-hydrogen) atoms. The average molecular weight is 667 g/mol. The standard InChI is InChI=1S/C49H34N2O/c1-4-13-33(14-5-1)37-25-29-44-43-30-28-40(32-45(43)47-48(46(44)31-37)52-49(50-47)36-16-6-2-7-17-36)51(38-19-8-3-9-20-38)39-26-23-35(24-27-39)42-22-12-18-34-15-10-11-21-41(34)42/h1-32,49-50H. The van der Waals surface area contributed by atoms with Crippen molar-refractivity contribution in [1.82, 2.24) is 0 Å². The van der Waals surface area contributed by atoms with Crippen LogP contribution >= 0.6 is 0 Å². The highest BCUT2D eigenvalue weighted by Crippen LogP contribution is 2.51. The van der Waals surface area contributed by atoms with Crippen LogP contribution in [-0.2, 0) is 0 Å². The van der Waals surface area contributed by atoms with E-state index in [1.165, 1.54) is 43.8 Å². The van der Waals surface area contributed by atoms with Crippen molar-refractivity contribution >= 4 is 55.1 Å². The van der Waals surface area contributed by atoms with E-state index < -0.39 is 0 Å². The summed E-state index contributed by atoms with van der Waals surface area (Å²) in [6, 6.07) is 69.2. The molecule has 0 fully saturated rings. The molecule has 0 radical (unpaired) electrons. The maximum absolute atomic E-state index is 6.84. The number of fused-ring (bicyclic) bond motifs is 7. The summed E-state index contributed by atoms with van der Waals surface area (Å²) in [6.45, 7) is 0. The largest absolute Gasteiger partial charge is 0.464 e. The number of hydrogen-bond acceptors (Lipinski definition) is 3. The third-order valence-corrected chi connectivity index (χ3v) is 10.3. The minimum atomic E-state index is -0.291. The lowest BCUT2D eigenvalue weighted by Gasteiger charge is -2.26. The predicted octanol–water partition coefficient (Wildman–Crippen LogP) is 13.5. The van der Waals surface area contributed by atoms with Crippen molar-refractivity contribution in [2.75, 3.05) is 10.2 Å². The molecule has 1 unspecified atom stereocenters. The van der Waals surface area contributed by atoms with Crippen molar-refractivity contribution in [2.45, 2.75) is 6.23 Å². The molecule has 0 bridgehead atoms. The first-order chi connectivity index (χ1) is 25.8. The molecular weight excluding hydrogens is 633 g/mol. The molecule has 1 aliphatic heterocycles. The summed E-state index contributed by atoms with van der Waals surface area (Å²) in [4.78, 5) is 2.34. The Bertz CT molecular complexity index is 2720. The Labute approximate surface area is 303 Å². The average Bonchev–Trinajstić information content (AvgIpc) is 3.68. The van der Waals surface area contributed by atoms with Gasteiger partial charge in [0.05, 0.1) is 5.69 Å². The van der Waals surface area contributed by atoms with Gasteiger partial charge in [-0.05, 0) is 86.3 Å². The molecule has 1 aliphatic rings. The molecule has 10 rings (SSSR count). The minimum absolute atomic E-state index is 0.291. The summed E-state index contributed by atoms with van der Waals surface area (Å²) in [6.07, 6.45) is -0.291. The highest BCUT2D eigenvalue weighted by atomic mass is 16.5. The molecule has 0 aromatic heterocycles. The second kappa shape index (κ2) is 12.5. The normalized spacial score (nSPS) is 13.5. The van der Waals surface area contributed by atoms with Crippen LogP contribution in [0.2, 0.25) is 0 Å². The fourth-order valence-corrected chi connectivity index (χ4v) is 7.76. The SMILES string of the molecule is c1ccc(-c2ccc3c(c2)c2c(c4cc(N(c5ccccc5)c5ccc(-c6cccc7ccccc67)cc5)ccc43)NC(c3ccccc3)O2)cc1. The molecule has 3 heteroatoms. The van der Waals surface area contributed by atoms with Crippen LogP contribution in [0, 0.1) is 0 Å². The maximum atomic E-state index is 6.84. The molecule has 9 aromatic carbocycles. The van der Waals surface area contributed by atoms with E-state index in [4.69, 9.17) is 4.74 Å². The third kappa shape index (κ3) is 5.14. The quantitative estimate of drug-likeness (QED) is 0.179. The molecule has 0 aliphatic carbocycles. The molecule has 1 atom stereocenters. The summed E-state index contributed by atoms with van der Waals surface area (Å²) in [7, 11) is 0. The van der Waals surface area contributed by atoms with Crippen LogP contribution in [0.5, 0.6) is 5.75 Å². The molecule has 0 amide bonds. The van der Waals surface area contributed by atoms with Crippen LogP contribution in [0.25, 0.3) is 54.6 Å². The zero-order chi connectivity index (χ0) is 34.4. The van der Waals surface area contributed by atoms with Gasteiger partial charge >= 0.3 is 0 Å². The number of ether oxygens (including phenoxy) is 1. The van der Waals surface area contributed by atoms with E-state index in [2.05, 4.69) is 198 Å². The molecule has 0 saturated carbocycles. The molecule has 246 valence electrons. The molecular formula is C49H34N2O. The molecule has 9 aromatic rings. The van der Waals surface area contributed by atoms with Gasteiger partial charge in [-0.2, -0.15) is 0 Å². The Kier molecular flexibility index (Phi) is 7.21. The monoisotopic (exact) mass is 666 g/mol. The van der Waals surface area contributed by atoms with Gasteiger partial charge in [0.15, 0.2) is 12.0 Å². The second-order valence-electron chi connectivity index (χ2n) is 13.4. The highest BCUT2D eigenvalue weighted by Gasteiger charge is 2.29. The van der Waals surface area contributed by atoms with E-state index in [1.807, 2.05) is 6.07 Å². The number of hydrogen-bond donors (Lipinski definition) is 1. The minimum Gasteiger partial charge on any atom is -0.464 e. The summed E-state index contributed by atoms with van der Waals surface area (Å²) >= 11 is 0. The van der Waals surface area contributed by atoms with Crippen molar-refractivity contribution in [3.63, 3.8) is 0 Å². The van der Waals surface area contributed by atoms with Crippen molar-refractivity contribution < 1.29 is 4.74 Å². The van der Waals surface area contributed by atoms with Gasteiger partial charge in [-0.1, -0.05) is 152 Å². The zero-order valence-corrected chi connectivity index (χ0v) is 28.4. The Hall–Kier alpha value is -6.84. The number of para-hydroxylation sites is 1. The highest BCUT2D eigenvalue weighted by molar-refractivity contribution is 6.19. The summed E-state index contributed by atoms with van der Waals surface area (Å²) in [5.41, 5.74) is 10.1. The zero-order valence-electron chi connectivity index (χ0n) is 28.4. The third-order valence-electron chi connectivity index (χ3n) is 10.3. The van der Waals surface area contributed by atoms with Crippen LogP contribution < -0.4 is 15.0 Å². The number of nitrogens with one attached hydrogen (secondary N) is 1. The van der Waals surface area contributed by atoms with Crippen molar-refractivity contribution in [2.24, 2.45) is 0 Å². The van der Waals surface area contributed by atoms with Crippen LogP contribution in [0.1, 0.15) is 11.8 Å². The predicted molar refractivity (Wildman–Crippen MR) is 218 cm³/mol. The Morgan fingerprint density at radius 3 is 1.83 bits per heavy atom. The molecule has 0 spiro atoms. The van der Waals surface area contributed by atoms with Crippen LogP contribution in [0.4, 0.5) is 22.7 Å². The molecule has 1 heterocycles. The van der Waals surface area contributed by atoms with E-state index in [0.29, 0.717) is 0 Å². The van der Waals surface area contributed by atoms with Crippen molar-refractivity contribution in [1.29, 1.82) is 0 Å². The molecule has 3 nitrogen and oxygen atoms in total. The first-order valence-electron chi connectivity index (χ1n) is 17.8. The van der Waals surface area contributed by atoms with Crippen LogP contribution in [0.3, 0.4) is 0 Å². The Balaban J connectivity index is 1.13. The number of anilines is 4. The maximum Gasteiger partial charge on any atom is 0.196 e. The first-order valence-corrected chi connectivity index (χ1v) is 17.8. The molecule has 0 saturated heterocycles. The van der Waals surface area contributed by atoms with Gasteiger partial charge < -0.3 is 15.0 Å². The number of nitrogens with zero attached hydrogens (tertiary/aromatic N) is 1. The van der Waals surface area contributed by atoms with E-state index in [-0.39, 0.29) is 6.23 Å². The molecule has 1 N–H and O–H groups in total. The summed E-state index contributed by atoms with van der Waals surface area (Å²) in [5.74, 6) is 0.886.